The van der Waals surface area contributed by atoms with Crippen LogP contribution in [0.25, 0.3) is 0 Å². The highest BCUT2D eigenvalue weighted by atomic mass is 16.4. The number of hydrogen-bond donors (Lipinski definition) is 2. The number of likely N-dealkylation sites (tertiary alicyclic amines) is 1. The molecule has 0 spiro atoms. The van der Waals surface area contributed by atoms with Crippen LogP contribution >= 0.6 is 0 Å². The van der Waals surface area contributed by atoms with Crippen molar-refractivity contribution in [2.45, 2.75) is 44.6 Å². The molecule has 4 unspecified atom stereocenters. The minimum Gasteiger partial charge on any atom is -0.481 e. The van der Waals surface area contributed by atoms with E-state index in [-0.39, 0.29) is 18.4 Å². The number of carbonyl (C=O) groups is 2. The van der Waals surface area contributed by atoms with E-state index in [0.29, 0.717) is 19.1 Å². The highest BCUT2D eigenvalue weighted by Gasteiger charge is 2.65. The molecule has 3 aliphatic carbocycles. The molecule has 2 amide bonds. The summed E-state index contributed by atoms with van der Waals surface area (Å²) in [5.41, 5.74) is 0. The van der Waals surface area contributed by atoms with Crippen LogP contribution in [0.1, 0.15) is 38.5 Å². The summed E-state index contributed by atoms with van der Waals surface area (Å²) in [6, 6.07) is 0.531. The molecule has 0 aromatic heterocycles. The third-order valence-electron chi connectivity index (χ3n) is 6.39. The third-order valence-corrected chi connectivity index (χ3v) is 6.39. The molecule has 4 rings (SSSR count). The number of urea groups is 1. The Bertz CT molecular complexity index is 442. The summed E-state index contributed by atoms with van der Waals surface area (Å²) in [4.78, 5) is 24.9. The number of rotatable bonds is 3. The second-order valence-corrected chi connectivity index (χ2v) is 7.49. The van der Waals surface area contributed by atoms with Crippen molar-refractivity contribution in [2.24, 2.45) is 29.6 Å². The first-order valence-corrected chi connectivity index (χ1v) is 8.40. The first kappa shape index (κ1) is 13.4. The van der Waals surface area contributed by atoms with Crippen LogP contribution in [0.15, 0.2) is 0 Å². The number of hydrogen-bond acceptors (Lipinski definition) is 2. The molecule has 0 aromatic rings. The van der Waals surface area contributed by atoms with Gasteiger partial charge in [0.05, 0.1) is 0 Å². The number of amides is 2. The number of fused-ring (bicyclic) bond motifs is 5. The van der Waals surface area contributed by atoms with Crippen molar-refractivity contribution >= 4 is 12.0 Å². The minimum absolute atomic E-state index is 0.0857. The Balaban J connectivity index is 1.25. The Morgan fingerprint density at radius 3 is 2.24 bits per heavy atom. The van der Waals surface area contributed by atoms with Crippen LogP contribution in [-0.2, 0) is 4.79 Å². The lowest BCUT2D eigenvalue weighted by atomic mass is 9.94. The van der Waals surface area contributed by atoms with E-state index in [0.717, 1.165) is 36.5 Å². The maximum atomic E-state index is 12.3. The summed E-state index contributed by atoms with van der Waals surface area (Å²) in [7, 11) is 0. The topological polar surface area (TPSA) is 69.6 Å². The number of carbonyl (C=O) groups excluding carboxylic acids is 1. The van der Waals surface area contributed by atoms with E-state index < -0.39 is 5.97 Å². The predicted molar refractivity (Wildman–Crippen MR) is 76.7 cm³/mol. The lowest BCUT2D eigenvalue weighted by Gasteiger charge is -2.31. The van der Waals surface area contributed by atoms with Gasteiger partial charge in [-0.3, -0.25) is 4.79 Å². The van der Waals surface area contributed by atoms with Crippen LogP contribution in [0, 0.1) is 29.6 Å². The molecule has 4 aliphatic rings. The number of carboxylic acids is 1. The van der Waals surface area contributed by atoms with Crippen LogP contribution in [0.3, 0.4) is 0 Å². The van der Waals surface area contributed by atoms with Gasteiger partial charge in [0.2, 0.25) is 0 Å². The van der Waals surface area contributed by atoms with Crippen molar-refractivity contribution in [1.29, 1.82) is 0 Å². The van der Waals surface area contributed by atoms with Crippen molar-refractivity contribution < 1.29 is 14.7 Å². The maximum absolute atomic E-state index is 12.3. The Kier molecular flexibility index (Phi) is 3.12. The number of nitrogens with zero attached hydrogens (tertiary/aromatic N) is 1. The van der Waals surface area contributed by atoms with Gasteiger partial charge < -0.3 is 15.3 Å². The van der Waals surface area contributed by atoms with Gasteiger partial charge in [-0.2, -0.15) is 0 Å². The summed E-state index contributed by atoms with van der Waals surface area (Å²) in [6.07, 6.45) is 6.04. The van der Waals surface area contributed by atoms with Gasteiger partial charge in [0.15, 0.2) is 0 Å². The van der Waals surface area contributed by atoms with Gasteiger partial charge in [-0.1, -0.05) is 0 Å². The van der Waals surface area contributed by atoms with Gasteiger partial charge in [-0.25, -0.2) is 4.79 Å². The Labute approximate surface area is 125 Å². The van der Waals surface area contributed by atoms with Crippen molar-refractivity contribution in [3.8, 4) is 0 Å². The van der Waals surface area contributed by atoms with E-state index in [1.54, 1.807) is 0 Å². The maximum Gasteiger partial charge on any atom is 0.317 e. The normalized spacial score (nSPS) is 41.0. The second-order valence-electron chi connectivity index (χ2n) is 7.49. The number of carboxylic acid groups (broad SMARTS) is 1. The Hall–Kier alpha value is -1.26. The average Bonchev–Trinajstić information content (AvgIpc) is 2.83. The zero-order valence-electron chi connectivity index (χ0n) is 12.3. The Morgan fingerprint density at radius 1 is 1.05 bits per heavy atom. The molecule has 0 radical (unpaired) electrons. The molecule has 116 valence electrons. The van der Waals surface area contributed by atoms with Crippen molar-refractivity contribution in [3.63, 3.8) is 0 Å². The highest BCUT2D eigenvalue weighted by Crippen LogP contribution is 2.65. The van der Waals surface area contributed by atoms with E-state index in [4.69, 9.17) is 5.11 Å². The minimum atomic E-state index is -0.723. The summed E-state index contributed by atoms with van der Waals surface area (Å²) in [5.74, 6) is 2.83. The number of piperidine rings is 1. The molecule has 4 fully saturated rings. The number of nitrogens with one attached hydrogen (secondary N) is 1. The molecule has 1 heterocycles. The van der Waals surface area contributed by atoms with Crippen molar-refractivity contribution in [3.05, 3.63) is 0 Å². The Morgan fingerprint density at radius 2 is 1.67 bits per heavy atom. The molecule has 1 aliphatic heterocycles. The fourth-order valence-electron chi connectivity index (χ4n) is 5.34. The molecule has 2 N–H and O–H groups in total. The van der Waals surface area contributed by atoms with E-state index in [1.165, 1.54) is 19.3 Å². The molecule has 0 aromatic carbocycles. The fraction of sp³-hybridized carbons (Fsp3) is 0.875. The quantitative estimate of drug-likeness (QED) is 0.835. The molecule has 21 heavy (non-hydrogen) atoms. The molecule has 3 saturated carbocycles. The summed E-state index contributed by atoms with van der Waals surface area (Å²) < 4.78 is 0. The monoisotopic (exact) mass is 292 g/mol. The van der Waals surface area contributed by atoms with Gasteiger partial charge in [0, 0.05) is 25.6 Å². The molecular formula is C16H24N2O3. The van der Waals surface area contributed by atoms with Gasteiger partial charge >= 0.3 is 12.0 Å². The average molecular weight is 292 g/mol. The van der Waals surface area contributed by atoms with Gasteiger partial charge in [0.25, 0.3) is 0 Å². The molecule has 5 heteroatoms. The SMILES string of the molecule is O=C(O)CC1CCN(C(=O)NC2C3C4CCC(C4)C23)CC1. The largest absolute Gasteiger partial charge is 0.481 e. The van der Waals surface area contributed by atoms with Crippen molar-refractivity contribution in [2.75, 3.05) is 13.1 Å². The zero-order valence-corrected chi connectivity index (χ0v) is 12.3. The lowest BCUT2D eigenvalue weighted by molar-refractivity contribution is -0.138. The first-order chi connectivity index (χ1) is 10.1. The molecule has 2 bridgehead atoms. The lowest BCUT2D eigenvalue weighted by Crippen LogP contribution is -2.46. The third kappa shape index (κ3) is 2.30. The molecule has 1 saturated heterocycles. The van der Waals surface area contributed by atoms with E-state index >= 15 is 0 Å². The van der Waals surface area contributed by atoms with Crippen LogP contribution < -0.4 is 5.32 Å². The first-order valence-electron chi connectivity index (χ1n) is 8.40. The van der Waals surface area contributed by atoms with Crippen LogP contribution in [0.4, 0.5) is 4.79 Å². The summed E-state index contributed by atoms with van der Waals surface area (Å²) in [6.45, 7) is 1.41. The molecule has 4 atom stereocenters. The molecule has 5 nitrogen and oxygen atoms in total. The summed E-state index contributed by atoms with van der Waals surface area (Å²) >= 11 is 0. The van der Waals surface area contributed by atoms with E-state index in [1.807, 2.05) is 4.90 Å². The number of aliphatic carboxylic acids is 1. The van der Waals surface area contributed by atoms with Gasteiger partial charge in [-0.15, -0.1) is 0 Å². The van der Waals surface area contributed by atoms with E-state index in [2.05, 4.69) is 5.32 Å². The van der Waals surface area contributed by atoms with Crippen molar-refractivity contribution in [1.82, 2.24) is 10.2 Å². The standard InChI is InChI=1S/C16H24N2O3/c19-12(20)7-9-3-5-18(6-4-9)16(21)17-15-13-10-1-2-11(8-10)14(13)15/h9-11,13-15H,1-8H2,(H,17,21)(H,19,20). The van der Waals surface area contributed by atoms with Gasteiger partial charge in [0.1, 0.15) is 0 Å². The van der Waals surface area contributed by atoms with Crippen LogP contribution in [0.5, 0.6) is 0 Å². The molecular weight excluding hydrogens is 268 g/mol. The smallest absolute Gasteiger partial charge is 0.317 e. The summed E-state index contributed by atoms with van der Waals surface area (Å²) in [5, 5.41) is 12.1. The second kappa shape index (κ2) is 4.89. The van der Waals surface area contributed by atoms with Gasteiger partial charge in [-0.05, 0) is 61.7 Å². The van der Waals surface area contributed by atoms with Crippen LogP contribution in [-0.4, -0.2) is 41.1 Å². The highest BCUT2D eigenvalue weighted by molar-refractivity contribution is 5.75. The zero-order chi connectivity index (χ0) is 14.6. The van der Waals surface area contributed by atoms with E-state index in [9.17, 15) is 9.59 Å². The van der Waals surface area contributed by atoms with Crippen LogP contribution in [0.2, 0.25) is 0 Å². The fourth-order valence-corrected chi connectivity index (χ4v) is 5.34. The predicted octanol–water partition coefficient (Wildman–Crippen LogP) is 1.93.